The molecule has 0 heterocycles. The average molecular weight is 360 g/mol. The molecule has 26 heavy (non-hydrogen) atoms. The number of benzene rings is 2. The van der Waals surface area contributed by atoms with Crippen LogP contribution in [0.25, 0.3) is 0 Å². The van der Waals surface area contributed by atoms with Crippen LogP contribution in [0.5, 0.6) is 11.5 Å². The first-order valence-electron chi connectivity index (χ1n) is 8.34. The maximum atomic E-state index is 13.7. The molecule has 6 heteroatoms. The molecule has 0 aliphatic rings. The van der Waals surface area contributed by atoms with Gasteiger partial charge in [0.15, 0.2) is 5.75 Å². The number of amides is 1. The van der Waals surface area contributed by atoms with E-state index in [1.165, 1.54) is 12.1 Å². The molecule has 0 saturated heterocycles. The lowest BCUT2D eigenvalue weighted by Gasteiger charge is -2.21. The molecule has 0 aromatic heterocycles. The van der Waals surface area contributed by atoms with Gasteiger partial charge in [-0.1, -0.05) is 18.2 Å². The number of hydrogen-bond donors (Lipinski definition) is 1. The van der Waals surface area contributed by atoms with Crippen LogP contribution in [0.2, 0.25) is 0 Å². The summed E-state index contributed by atoms with van der Waals surface area (Å²) in [5.41, 5.74) is 0.673. The molecule has 0 atom stereocenters. The number of halogens is 1. The van der Waals surface area contributed by atoms with Crippen molar-refractivity contribution in [3.05, 3.63) is 53.8 Å². The van der Waals surface area contributed by atoms with Crippen LogP contribution >= 0.6 is 0 Å². The van der Waals surface area contributed by atoms with E-state index < -0.39 is 11.7 Å². The lowest BCUT2D eigenvalue weighted by atomic mass is 10.2. The Morgan fingerprint density at radius 3 is 2.46 bits per heavy atom. The van der Waals surface area contributed by atoms with E-state index in [0.29, 0.717) is 23.7 Å². The first-order chi connectivity index (χ1) is 12.1. The third-order valence-corrected chi connectivity index (χ3v) is 3.26. The largest absolute Gasteiger partial charge is 0.455 e. The van der Waals surface area contributed by atoms with E-state index in [9.17, 15) is 9.18 Å². The van der Waals surface area contributed by atoms with E-state index in [0.717, 1.165) is 5.56 Å². The Morgan fingerprint density at radius 1 is 1.12 bits per heavy atom. The first kappa shape index (κ1) is 19.7. The molecule has 2 rings (SSSR count). The number of nitrogens with one attached hydrogen (secondary N) is 1. The summed E-state index contributed by atoms with van der Waals surface area (Å²) in [7, 11) is 3.84. The van der Waals surface area contributed by atoms with Gasteiger partial charge in [-0.3, -0.25) is 5.32 Å². The van der Waals surface area contributed by atoms with E-state index in [1.54, 1.807) is 51.1 Å². The van der Waals surface area contributed by atoms with Crippen molar-refractivity contribution in [2.45, 2.75) is 32.9 Å². The lowest BCUT2D eigenvalue weighted by Crippen LogP contribution is -2.27. The van der Waals surface area contributed by atoms with Crippen molar-refractivity contribution >= 4 is 11.8 Å². The molecule has 2 aromatic carbocycles. The molecule has 0 aliphatic heterocycles. The highest BCUT2D eigenvalue weighted by Crippen LogP contribution is 2.32. The standard InChI is InChI=1S/C20H25FN2O3/c1-20(2,3)26-19(24)22-16-8-6-7-9-17(16)25-18-12-15(21)11-10-14(18)13-23(4)5/h6-12H,13H2,1-5H3,(H,22,24). The summed E-state index contributed by atoms with van der Waals surface area (Å²) < 4.78 is 24.9. The van der Waals surface area contributed by atoms with Crippen molar-refractivity contribution in [1.82, 2.24) is 4.90 Å². The Balaban J connectivity index is 2.26. The van der Waals surface area contributed by atoms with Crippen molar-refractivity contribution in [2.24, 2.45) is 0 Å². The summed E-state index contributed by atoms with van der Waals surface area (Å²) in [6, 6.07) is 11.4. The molecule has 1 N–H and O–H groups in total. The monoisotopic (exact) mass is 360 g/mol. The topological polar surface area (TPSA) is 50.8 Å². The molecule has 0 radical (unpaired) electrons. The van der Waals surface area contributed by atoms with Crippen LogP contribution in [0.3, 0.4) is 0 Å². The Hall–Kier alpha value is -2.60. The zero-order valence-corrected chi connectivity index (χ0v) is 15.8. The van der Waals surface area contributed by atoms with E-state index in [2.05, 4.69) is 5.32 Å². The minimum Gasteiger partial charge on any atom is -0.455 e. The fourth-order valence-electron chi connectivity index (χ4n) is 2.29. The van der Waals surface area contributed by atoms with Crippen LogP contribution in [-0.4, -0.2) is 30.7 Å². The van der Waals surface area contributed by atoms with Crippen molar-refractivity contribution in [1.29, 1.82) is 0 Å². The zero-order chi connectivity index (χ0) is 19.3. The SMILES string of the molecule is CN(C)Cc1ccc(F)cc1Oc1ccccc1NC(=O)OC(C)(C)C. The number of anilines is 1. The summed E-state index contributed by atoms with van der Waals surface area (Å²) in [4.78, 5) is 14.0. The van der Waals surface area contributed by atoms with Crippen molar-refractivity contribution in [3.8, 4) is 11.5 Å². The van der Waals surface area contributed by atoms with Crippen molar-refractivity contribution in [3.63, 3.8) is 0 Å². The minimum atomic E-state index is -0.610. The van der Waals surface area contributed by atoms with Gasteiger partial charge in [0.25, 0.3) is 0 Å². The zero-order valence-electron chi connectivity index (χ0n) is 15.8. The number of rotatable bonds is 5. The van der Waals surface area contributed by atoms with Crippen LogP contribution in [0.15, 0.2) is 42.5 Å². The maximum Gasteiger partial charge on any atom is 0.412 e. The highest BCUT2D eigenvalue weighted by atomic mass is 19.1. The van der Waals surface area contributed by atoms with Crippen LogP contribution in [0.4, 0.5) is 14.9 Å². The van der Waals surface area contributed by atoms with Gasteiger partial charge in [-0.15, -0.1) is 0 Å². The van der Waals surface area contributed by atoms with Gasteiger partial charge in [0.2, 0.25) is 0 Å². The maximum absolute atomic E-state index is 13.7. The Morgan fingerprint density at radius 2 is 1.81 bits per heavy atom. The van der Waals surface area contributed by atoms with E-state index in [-0.39, 0.29) is 5.82 Å². The van der Waals surface area contributed by atoms with Gasteiger partial charge in [-0.2, -0.15) is 0 Å². The lowest BCUT2D eigenvalue weighted by molar-refractivity contribution is 0.0635. The van der Waals surface area contributed by atoms with Crippen LogP contribution < -0.4 is 10.1 Å². The third-order valence-electron chi connectivity index (χ3n) is 3.26. The van der Waals surface area contributed by atoms with E-state index in [1.807, 2.05) is 19.0 Å². The van der Waals surface area contributed by atoms with Crippen molar-refractivity contribution in [2.75, 3.05) is 19.4 Å². The fraction of sp³-hybridized carbons (Fsp3) is 0.350. The molecule has 0 saturated carbocycles. The molecule has 0 unspecified atom stereocenters. The molecule has 5 nitrogen and oxygen atoms in total. The number of nitrogens with zero attached hydrogens (tertiary/aromatic N) is 1. The molecule has 0 aliphatic carbocycles. The van der Waals surface area contributed by atoms with E-state index >= 15 is 0 Å². The van der Waals surface area contributed by atoms with Gasteiger partial charge >= 0.3 is 6.09 Å². The Labute approximate surface area is 153 Å². The first-order valence-corrected chi connectivity index (χ1v) is 8.34. The number of carbonyl (C=O) groups is 1. The smallest absolute Gasteiger partial charge is 0.412 e. The second-order valence-corrected chi connectivity index (χ2v) is 7.21. The molecule has 0 spiro atoms. The van der Waals surface area contributed by atoms with Gasteiger partial charge in [0, 0.05) is 18.2 Å². The fourth-order valence-corrected chi connectivity index (χ4v) is 2.29. The van der Waals surface area contributed by atoms with Gasteiger partial charge in [0.1, 0.15) is 17.2 Å². The summed E-state index contributed by atoms with van der Waals surface area (Å²) >= 11 is 0. The summed E-state index contributed by atoms with van der Waals surface area (Å²) in [5, 5.41) is 2.67. The van der Waals surface area contributed by atoms with Gasteiger partial charge in [0.05, 0.1) is 5.69 Å². The quantitative estimate of drug-likeness (QED) is 0.813. The van der Waals surface area contributed by atoms with Gasteiger partial charge in [-0.05, 0) is 53.1 Å². The Kier molecular flexibility index (Phi) is 6.21. The summed E-state index contributed by atoms with van der Waals surface area (Å²) in [5.74, 6) is 0.418. The minimum absolute atomic E-state index is 0.389. The molecule has 2 aromatic rings. The third kappa shape index (κ3) is 6.04. The number of para-hydroxylation sites is 2. The Bertz CT molecular complexity index is 770. The van der Waals surface area contributed by atoms with Gasteiger partial charge in [-0.25, -0.2) is 9.18 Å². The highest BCUT2D eigenvalue weighted by molar-refractivity contribution is 5.87. The highest BCUT2D eigenvalue weighted by Gasteiger charge is 2.18. The normalized spacial score (nSPS) is 11.3. The van der Waals surface area contributed by atoms with Crippen LogP contribution in [0, 0.1) is 5.82 Å². The predicted octanol–water partition coefficient (Wildman–Crippen LogP) is 5.03. The average Bonchev–Trinajstić information content (AvgIpc) is 2.49. The molecule has 0 fully saturated rings. The summed E-state index contributed by atoms with van der Waals surface area (Å²) in [6.07, 6.45) is -0.582. The van der Waals surface area contributed by atoms with Gasteiger partial charge < -0.3 is 14.4 Å². The molecular weight excluding hydrogens is 335 g/mol. The second-order valence-electron chi connectivity index (χ2n) is 7.21. The number of hydrogen-bond acceptors (Lipinski definition) is 4. The van der Waals surface area contributed by atoms with Crippen LogP contribution in [-0.2, 0) is 11.3 Å². The number of carbonyl (C=O) groups excluding carboxylic acids is 1. The number of ether oxygens (including phenoxy) is 2. The molecular formula is C20H25FN2O3. The second kappa shape index (κ2) is 8.19. The molecule has 140 valence electrons. The van der Waals surface area contributed by atoms with E-state index in [4.69, 9.17) is 9.47 Å². The molecule has 1 amide bonds. The predicted molar refractivity (Wildman–Crippen MR) is 100 cm³/mol. The summed E-state index contributed by atoms with van der Waals surface area (Å²) in [6.45, 7) is 5.96. The van der Waals surface area contributed by atoms with Crippen molar-refractivity contribution < 1.29 is 18.7 Å². The molecule has 0 bridgehead atoms. The van der Waals surface area contributed by atoms with Crippen LogP contribution in [0.1, 0.15) is 26.3 Å².